The van der Waals surface area contributed by atoms with Gasteiger partial charge in [0, 0.05) is 18.8 Å². The number of benzene rings is 2. The number of Topliss-reactive ketones (excluding diaryl/α,β-unsaturated/α-hetero) is 1. The Morgan fingerprint density at radius 1 is 1.09 bits per heavy atom. The van der Waals surface area contributed by atoms with Crippen LogP contribution in [0.15, 0.2) is 66.0 Å². The Hall–Kier alpha value is -3.70. The zero-order chi connectivity index (χ0) is 24.6. The first-order valence-corrected chi connectivity index (χ1v) is 12.4. The van der Waals surface area contributed by atoms with E-state index in [4.69, 9.17) is 4.74 Å². The highest BCUT2D eigenvalue weighted by Crippen LogP contribution is 2.34. The Morgan fingerprint density at radius 3 is 2.63 bits per heavy atom. The van der Waals surface area contributed by atoms with Crippen LogP contribution in [0.4, 0.5) is 10.1 Å². The Morgan fingerprint density at radius 2 is 1.89 bits per heavy atom. The van der Waals surface area contributed by atoms with Gasteiger partial charge in [0.1, 0.15) is 18.8 Å². The minimum Gasteiger partial charge on any atom is -0.476 e. The topological polar surface area (TPSA) is 110 Å². The van der Waals surface area contributed by atoms with Crippen molar-refractivity contribution in [3.05, 3.63) is 78.0 Å². The molecule has 5 rings (SSSR count). The van der Waals surface area contributed by atoms with Gasteiger partial charge in [-0.2, -0.15) is 4.31 Å². The van der Waals surface area contributed by atoms with Crippen LogP contribution < -0.4 is 9.64 Å². The van der Waals surface area contributed by atoms with E-state index < -0.39 is 33.6 Å². The molecular formula is C24H21FN4O5S. The van der Waals surface area contributed by atoms with Gasteiger partial charge in [-0.25, -0.2) is 22.8 Å². The van der Waals surface area contributed by atoms with Crippen molar-refractivity contribution in [2.45, 2.75) is 30.3 Å². The number of anilines is 1. The molecule has 1 aromatic heterocycles. The van der Waals surface area contributed by atoms with Crippen LogP contribution in [0.25, 0.3) is 0 Å². The van der Waals surface area contributed by atoms with Crippen LogP contribution >= 0.6 is 0 Å². The lowest BCUT2D eigenvalue weighted by molar-refractivity contribution is -0.114. The van der Waals surface area contributed by atoms with E-state index in [-0.39, 0.29) is 23.6 Å². The maximum absolute atomic E-state index is 13.4. The van der Waals surface area contributed by atoms with E-state index in [0.717, 1.165) is 0 Å². The van der Waals surface area contributed by atoms with Crippen molar-refractivity contribution in [3.63, 3.8) is 0 Å². The smallest absolute Gasteiger partial charge is 0.299 e. The number of nitrogens with zero attached hydrogens (tertiary/aromatic N) is 4. The van der Waals surface area contributed by atoms with Crippen LogP contribution in [-0.4, -0.2) is 53.6 Å². The van der Waals surface area contributed by atoms with Gasteiger partial charge in [0.15, 0.2) is 0 Å². The minimum atomic E-state index is -3.94. The molecular weight excluding hydrogens is 475 g/mol. The summed E-state index contributed by atoms with van der Waals surface area (Å²) in [6.45, 7) is 0.517. The molecule has 0 N–H and O–H groups in total. The molecule has 0 bridgehead atoms. The normalized spacial score (nSPS) is 18.2. The monoisotopic (exact) mass is 496 g/mol. The lowest BCUT2D eigenvalue weighted by atomic mass is 10.1. The van der Waals surface area contributed by atoms with Gasteiger partial charge in [-0.1, -0.05) is 12.1 Å². The Kier molecular flexibility index (Phi) is 6.03. The molecule has 0 radical (unpaired) electrons. The molecule has 35 heavy (non-hydrogen) atoms. The van der Waals surface area contributed by atoms with E-state index in [9.17, 15) is 22.4 Å². The molecule has 3 aromatic rings. The second-order valence-electron chi connectivity index (χ2n) is 8.30. The van der Waals surface area contributed by atoms with Crippen LogP contribution in [0, 0.1) is 5.82 Å². The highest BCUT2D eigenvalue weighted by atomic mass is 32.2. The molecule has 0 aliphatic carbocycles. The number of fused-ring (bicyclic) bond motifs is 1. The van der Waals surface area contributed by atoms with Crippen molar-refractivity contribution in [2.24, 2.45) is 0 Å². The van der Waals surface area contributed by atoms with Crippen LogP contribution in [0.3, 0.4) is 0 Å². The summed E-state index contributed by atoms with van der Waals surface area (Å²) in [5.74, 6) is -1.58. The Labute approximate surface area is 201 Å². The second kappa shape index (κ2) is 9.16. The van der Waals surface area contributed by atoms with E-state index in [1.54, 1.807) is 6.07 Å². The average Bonchev–Trinajstić information content (AvgIpc) is 3.44. The summed E-state index contributed by atoms with van der Waals surface area (Å²) in [7, 11) is -3.94. The number of hydrogen-bond donors (Lipinski definition) is 0. The summed E-state index contributed by atoms with van der Waals surface area (Å²) in [4.78, 5) is 34.3. The fourth-order valence-corrected chi connectivity index (χ4v) is 6.05. The molecule has 9 nitrogen and oxygen atoms in total. The summed E-state index contributed by atoms with van der Waals surface area (Å²) in [5, 5.41) is 0. The lowest BCUT2D eigenvalue weighted by Gasteiger charge is -2.24. The van der Waals surface area contributed by atoms with Gasteiger partial charge in [0.2, 0.25) is 15.9 Å². The van der Waals surface area contributed by atoms with Crippen LogP contribution in [-0.2, 0) is 21.4 Å². The maximum Gasteiger partial charge on any atom is 0.299 e. The van der Waals surface area contributed by atoms with E-state index in [0.29, 0.717) is 36.5 Å². The number of ketones is 1. The average molecular weight is 497 g/mol. The third-order valence-electron chi connectivity index (χ3n) is 6.10. The summed E-state index contributed by atoms with van der Waals surface area (Å²) >= 11 is 0. The number of carbonyl (C=O) groups is 2. The first-order valence-electron chi connectivity index (χ1n) is 11.0. The van der Waals surface area contributed by atoms with Gasteiger partial charge in [-0.15, -0.1) is 0 Å². The van der Waals surface area contributed by atoms with Crippen molar-refractivity contribution in [1.29, 1.82) is 0 Å². The van der Waals surface area contributed by atoms with E-state index >= 15 is 0 Å². The molecule has 180 valence electrons. The third kappa shape index (κ3) is 4.40. The van der Waals surface area contributed by atoms with Crippen molar-refractivity contribution in [3.8, 4) is 5.88 Å². The van der Waals surface area contributed by atoms with Crippen molar-refractivity contribution in [2.75, 3.05) is 18.1 Å². The third-order valence-corrected chi connectivity index (χ3v) is 8.05. The summed E-state index contributed by atoms with van der Waals surface area (Å²) in [6, 6.07) is 10.9. The highest BCUT2D eigenvalue weighted by molar-refractivity contribution is 7.89. The Balaban J connectivity index is 1.38. The van der Waals surface area contributed by atoms with Gasteiger partial charge in [0.25, 0.3) is 11.7 Å². The van der Waals surface area contributed by atoms with Gasteiger partial charge in [-0.05, 0) is 48.7 Å². The number of aromatic nitrogens is 2. The van der Waals surface area contributed by atoms with Crippen LogP contribution in [0.1, 0.15) is 28.8 Å². The predicted molar refractivity (Wildman–Crippen MR) is 123 cm³/mol. The van der Waals surface area contributed by atoms with Crippen molar-refractivity contribution in [1.82, 2.24) is 14.3 Å². The van der Waals surface area contributed by atoms with Gasteiger partial charge in [-0.3, -0.25) is 9.59 Å². The van der Waals surface area contributed by atoms with E-state index in [2.05, 4.69) is 9.97 Å². The number of hydrogen-bond acceptors (Lipinski definition) is 7. The Bertz CT molecular complexity index is 1380. The number of carbonyl (C=O) groups excluding carboxylic acids is 2. The highest BCUT2D eigenvalue weighted by Gasteiger charge is 2.40. The second-order valence-corrected chi connectivity index (χ2v) is 10.2. The summed E-state index contributed by atoms with van der Waals surface area (Å²) < 4.78 is 47.1. The molecule has 1 fully saturated rings. The molecule has 1 saturated heterocycles. The molecule has 0 spiro atoms. The summed E-state index contributed by atoms with van der Waals surface area (Å²) in [5.41, 5.74) is 1.00. The molecule has 3 heterocycles. The molecule has 1 amide bonds. The molecule has 1 atom stereocenters. The zero-order valence-corrected chi connectivity index (χ0v) is 19.3. The minimum absolute atomic E-state index is 0.0335. The van der Waals surface area contributed by atoms with Gasteiger partial charge >= 0.3 is 0 Å². The number of ether oxygens (including phenoxy) is 1. The molecule has 0 saturated carbocycles. The number of rotatable bonds is 7. The first kappa shape index (κ1) is 23.1. The van der Waals surface area contributed by atoms with E-state index in [1.165, 1.54) is 64.2 Å². The molecule has 0 unspecified atom stereocenters. The number of halogens is 1. The van der Waals surface area contributed by atoms with Crippen molar-refractivity contribution < 1.29 is 27.1 Å². The lowest BCUT2D eigenvalue weighted by Crippen LogP contribution is -2.39. The molecule has 11 heteroatoms. The van der Waals surface area contributed by atoms with Crippen LogP contribution in [0.5, 0.6) is 5.88 Å². The van der Waals surface area contributed by atoms with Gasteiger partial charge in [0.05, 0.1) is 28.7 Å². The largest absolute Gasteiger partial charge is 0.476 e. The molecule has 2 aliphatic rings. The standard InChI is InChI=1S/C24H21FN4O5S/c25-17-5-3-16(4-6-17)13-28-21-8-7-19(12-20(21)23(30)24(28)31)35(32,33)29-11-1-2-18(29)14-34-22-9-10-26-15-27-22/h3-10,12,15,18H,1-2,11,13-14H2/t18-/m0/s1. The molecule has 2 aliphatic heterocycles. The van der Waals surface area contributed by atoms with E-state index in [1.807, 2.05) is 0 Å². The first-order chi connectivity index (χ1) is 16.8. The number of amides is 1. The van der Waals surface area contributed by atoms with Crippen molar-refractivity contribution >= 4 is 27.4 Å². The van der Waals surface area contributed by atoms with Gasteiger partial charge < -0.3 is 9.64 Å². The predicted octanol–water partition coefficient (Wildman–Crippen LogP) is 2.58. The summed E-state index contributed by atoms with van der Waals surface area (Å²) in [6.07, 6.45) is 4.18. The fraction of sp³-hybridized carbons (Fsp3) is 0.250. The zero-order valence-electron chi connectivity index (χ0n) is 18.5. The maximum atomic E-state index is 13.4. The fourth-order valence-electron chi connectivity index (χ4n) is 4.34. The SMILES string of the molecule is O=C1C(=O)N(Cc2ccc(F)cc2)c2ccc(S(=O)(=O)N3CCC[C@H]3COc3ccncn3)cc21. The molecule has 2 aromatic carbocycles. The van der Waals surface area contributed by atoms with Crippen LogP contribution in [0.2, 0.25) is 0 Å². The quantitative estimate of drug-likeness (QED) is 0.463. The number of sulfonamides is 1.